The lowest BCUT2D eigenvalue weighted by Crippen LogP contribution is -2.35. The van der Waals surface area contributed by atoms with Crippen LogP contribution in [0.1, 0.15) is 37.8 Å². The molecular formula is C19H19Cl2N5O2. The third-order valence-corrected chi connectivity index (χ3v) is 4.91. The Hall–Kier alpha value is -2.64. The summed E-state index contributed by atoms with van der Waals surface area (Å²) < 4.78 is 1.66. The predicted molar refractivity (Wildman–Crippen MR) is 108 cm³/mol. The summed E-state index contributed by atoms with van der Waals surface area (Å²) >= 11 is 11.8. The fourth-order valence-electron chi connectivity index (χ4n) is 2.87. The number of halogens is 2. The highest BCUT2D eigenvalue weighted by molar-refractivity contribution is 6.42. The number of hydrogen-bond donors (Lipinski definition) is 2. The molecule has 0 radical (unpaired) electrons. The Morgan fingerprint density at radius 2 is 1.68 bits per heavy atom. The van der Waals surface area contributed by atoms with Gasteiger partial charge in [-0.3, -0.25) is 9.59 Å². The maximum atomic E-state index is 12.6. The number of nitrogens with zero attached hydrogens (tertiary/aromatic N) is 3. The second-order valence-corrected chi connectivity index (χ2v) is 7.19. The first-order valence-corrected chi connectivity index (χ1v) is 9.38. The molecule has 0 unspecified atom stereocenters. The number of amides is 2. The minimum atomic E-state index is -0.298. The molecule has 0 saturated carbocycles. The van der Waals surface area contributed by atoms with Gasteiger partial charge in [-0.05, 0) is 45.0 Å². The zero-order valence-electron chi connectivity index (χ0n) is 15.6. The smallest absolute Gasteiger partial charge is 0.257 e. The van der Waals surface area contributed by atoms with E-state index < -0.39 is 0 Å². The highest BCUT2D eigenvalue weighted by Crippen LogP contribution is 2.22. The predicted octanol–water partition coefficient (Wildman–Crippen LogP) is 3.12. The number of aromatic nitrogens is 3. The topological polar surface area (TPSA) is 88.4 Å². The largest absolute Gasteiger partial charge is 0.350 e. The molecule has 2 N–H and O–H groups in total. The van der Waals surface area contributed by atoms with Crippen LogP contribution in [-0.2, 0) is 0 Å². The van der Waals surface area contributed by atoms with Gasteiger partial charge in [-0.15, -0.1) is 0 Å². The zero-order valence-corrected chi connectivity index (χ0v) is 17.1. The SMILES string of the molecule is Cc1cc(C)n2nc(C)c(C(=O)NCCNC(=O)c3ccc(Cl)c(Cl)c3)c2n1. The molecule has 0 aliphatic heterocycles. The lowest BCUT2D eigenvalue weighted by atomic mass is 10.2. The van der Waals surface area contributed by atoms with Gasteiger partial charge in [0, 0.05) is 30.0 Å². The van der Waals surface area contributed by atoms with Crippen molar-refractivity contribution >= 4 is 40.7 Å². The Kier molecular flexibility index (Phi) is 5.86. The molecule has 1 aromatic carbocycles. The van der Waals surface area contributed by atoms with Gasteiger partial charge >= 0.3 is 0 Å². The van der Waals surface area contributed by atoms with Crippen LogP contribution in [0.15, 0.2) is 24.3 Å². The molecule has 2 amide bonds. The number of rotatable bonds is 5. The van der Waals surface area contributed by atoms with Gasteiger partial charge in [0.15, 0.2) is 5.65 Å². The highest BCUT2D eigenvalue weighted by Gasteiger charge is 2.19. The molecule has 0 saturated heterocycles. The van der Waals surface area contributed by atoms with Crippen LogP contribution in [-0.4, -0.2) is 39.5 Å². The highest BCUT2D eigenvalue weighted by atomic mass is 35.5. The van der Waals surface area contributed by atoms with E-state index >= 15 is 0 Å². The third kappa shape index (κ3) is 4.10. The van der Waals surface area contributed by atoms with Crippen LogP contribution in [0, 0.1) is 20.8 Å². The third-order valence-electron chi connectivity index (χ3n) is 4.18. The second kappa shape index (κ2) is 8.16. The molecule has 0 aliphatic carbocycles. The molecule has 3 rings (SSSR count). The van der Waals surface area contributed by atoms with Crippen LogP contribution in [0.25, 0.3) is 5.65 Å². The number of carbonyl (C=O) groups excluding carboxylic acids is 2. The molecule has 0 bridgehead atoms. The summed E-state index contributed by atoms with van der Waals surface area (Å²) in [6.07, 6.45) is 0. The van der Waals surface area contributed by atoms with Crippen LogP contribution in [0.4, 0.5) is 0 Å². The van der Waals surface area contributed by atoms with Crippen molar-refractivity contribution in [1.29, 1.82) is 0 Å². The summed E-state index contributed by atoms with van der Waals surface area (Å²) in [5, 5.41) is 10.6. The fourth-order valence-corrected chi connectivity index (χ4v) is 3.17. The van der Waals surface area contributed by atoms with Gasteiger partial charge in [0.25, 0.3) is 11.8 Å². The first-order valence-electron chi connectivity index (χ1n) is 8.63. The molecule has 7 nitrogen and oxygen atoms in total. The Bertz CT molecular complexity index is 1080. The molecule has 0 fully saturated rings. The summed E-state index contributed by atoms with van der Waals surface area (Å²) in [6, 6.07) is 6.54. The van der Waals surface area contributed by atoms with Gasteiger partial charge in [-0.1, -0.05) is 23.2 Å². The van der Waals surface area contributed by atoms with E-state index in [9.17, 15) is 9.59 Å². The molecule has 3 aromatic rings. The molecule has 2 heterocycles. The van der Waals surface area contributed by atoms with E-state index in [0.29, 0.717) is 32.5 Å². The monoisotopic (exact) mass is 419 g/mol. The van der Waals surface area contributed by atoms with E-state index in [1.807, 2.05) is 19.9 Å². The second-order valence-electron chi connectivity index (χ2n) is 6.38. The summed E-state index contributed by atoms with van der Waals surface area (Å²) in [6.45, 7) is 6.07. The van der Waals surface area contributed by atoms with Crippen molar-refractivity contribution in [3.63, 3.8) is 0 Å². The van der Waals surface area contributed by atoms with Crippen LogP contribution in [0.5, 0.6) is 0 Å². The van der Waals surface area contributed by atoms with Crippen LogP contribution in [0.3, 0.4) is 0 Å². The first kappa shape index (κ1) is 20.1. The van der Waals surface area contributed by atoms with Crippen molar-refractivity contribution in [2.75, 3.05) is 13.1 Å². The number of nitrogens with one attached hydrogen (secondary N) is 2. The molecule has 0 atom stereocenters. The summed E-state index contributed by atoms with van der Waals surface area (Å²) in [5.74, 6) is -0.582. The van der Waals surface area contributed by atoms with Crippen LogP contribution >= 0.6 is 23.2 Å². The van der Waals surface area contributed by atoms with E-state index in [0.717, 1.165) is 11.4 Å². The Balaban J connectivity index is 1.62. The molecular weight excluding hydrogens is 401 g/mol. The van der Waals surface area contributed by atoms with E-state index in [-0.39, 0.29) is 24.9 Å². The van der Waals surface area contributed by atoms with Crippen LogP contribution in [0.2, 0.25) is 10.0 Å². The number of benzene rings is 1. The summed E-state index contributed by atoms with van der Waals surface area (Å²) in [7, 11) is 0. The van der Waals surface area contributed by atoms with Gasteiger partial charge in [0.2, 0.25) is 0 Å². The van der Waals surface area contributed by atoms with Gasteiger partial charge < -0.3 is 10.6 Å². The lowest BCUT2D eigenvalue weighted by Gasteiger charge is -2.08. The van der Waals surface area contributed by atoms with Crippen molar-refractivity contribution in [2.24, 2.45) is 0 Å². The first-order chi connectivity index (χ1) is 13.3. The maximum absolute atomic E-state index is 12.6. The van der Waals surface area contributed by atoms with Gasteiger partial charge in [-0.25, -0.2) is 9.50 Å². The summed E-state index contributed by atoms with van der Waals surface area (Å²) in [5.41, 5.74) is 3.66. The minimum absolute atomic E-state index is 0.257. The van der Waals surface area contributed by atoms with Crippen molar-refractivity contribution in [2.45, 2.75) is 20.8 Å². The molecule has 28 heavy (non-hydrogen) atoms. The number of hydrogen-bond acceptors (Lipinski definition) is 4. The molecule has 2 aromatic heterocycles. The fraction of sp³-hybridized carbons (Fsp3) is 0.263. The Morgan fingerprint density at radius 1 is 1.00 bits per heavy atom. The Labute approximate surface area is 172 Å². The zero-order chi connectivity index (χ0) is 20.4. The van der Waals surface area contributed by atoms with Crippen molar-refractivity contribution in [3.8, 4) is 0 Å². The van der Waals surface area contributed by atoms with E-state index in [1.165, 1.54) is 6.07 Å². The van der Waals surface area contributed by atoms with E-state index in [1.54, 1.807) is 23.6 Å². The average Bonchev–Trinajstić information content (AvgIpc) is 2.97. The van der Waals surface area contributed by atoms with E-state index in [2.05, 4.69) is 20.7 Å². The number of aryl methyl sites for hydroxylation is 3. The lowest BCUT2D eigenvalue weighted by molar-refractivity contribution is 0.0928. The molecule has 0 spiro atoms. The number of carbonyl (C=O) groups is 2. The molecule has 0 aliphatic rings. The quantitative estimate of drug-likeness (QED) is 0.621. The normalized spacial score (nSPS) is 10.9. The van der Waals surface area contributed by atoms with Crippen LogP contribution < -0.4 is 10.6 Å². The standard InChI is InChI=1S/C19H19Cl2N5O2/c1-10-8-11(2)26-17(24-10)16(12(3)25-26)19(28)23-7-6-22-18(27)13-4-5-14(20)15(21)9-13/h4-5,8-9H,6-7H2,1-3H3,(H,22,27)(H,23,28). The van der Waals surface area contributed by atoms with Crippen molar-refractivity contribution < 1.29 is 9.59 Å². The molecule has 9 heteroatoms. The van der Waals surface area contributed by atoms with E-state index in [4.69, 9.17) is 23.2 Å². The summed E-state index contributed by atoms with van der Waals surface area (Å²) in [4.78, 5) is 29.2. The van der Waals surface area contributed by atoms with Gasteiger partial charge in [0.1, 0.15) is 5.56 Å². The maximum Gasteiger partial charge on any atom is 0.257 e. The Morgan fingerprint density at radius 3 is 2.36 bits per heavy atom. The van der Waals surface area contributed by atoms with Gasteiger partial charge in [-0.2, -0.15) is 5.10 Å². The average molecular weight is 420 g/mol. The van der Waals surface area contributed by atoms with Crippen molar-refractivity contribution in [3.05, 3.63) is 62.5 Å². The molecule has 146 valence electrons. The minimum Gasteiger partial charge on any atom is -0.350 e. The van der Waals surface area contributed by atoms with Crippen molar-refractivity contribution in [1.82, 2.24) is 25.2 Å². The van der Waals surface area contributed by atoms with Gasteiger partial charge in [0.05, 0.1) is 15.7 Å². The number of fused-ring (bicyclic) bond motifs is 1.